The molecule has 0 radical (unpaired) electrons. The second kappa shape index (κ2) is 8.67. The van der Waals surface area contributed by atoms with E-state index in [4.69, 9.17) is 25.8 Å². The molecule has 2 heterocycles. The number of fused-ring (bicyclic) bond motifs is 2. The summed E-state index contributed by atoms with van der Waals surface area (Å²) in [4.78, 5) is 0. The molecule has 0 amide bonds. The van der Waals surface area contributed by atoms with E-state index >= 15 is 0 Å². The van der Waals surface area contributed by atoms with Crippen molar-refractivity contribution < 1.29 is 34.6 Å². The third kappa shape index (κ3) is 3.64. The molecule has 2 aromatic carbocycles. The largest absolute Gasteiger partial charge is 0.461 e. The lowest BCUT2D eigenvalue weighted by molar-refractivity contribution is -0.324. The van der Waals surface area contributed by atoms with E-state index in [0.717, 1.165) is 17.5 Å². The van der Waals surface area contributed by atoms with Gasteiger partial charge in [0.2, 0.25) is 6.29 Å². The molecule has 6 atom stereocenters. The smallest absolute Gasteiger partial charge is 0.236 e. The Morgan fingerprint density at radius 1 is 1.06 bits per heavy atom. The zero-order valence-corrected chi connectivity index (χ0v) is 18.1. The third-order valence-corrected chi connectivity index (χ3v) is 6.57. The summed E-state index contributed by atoms with van der Waals surface area (Å²) in [6.07, 6.45) is -5.35. The van der Waals surface area contributed by atoms with Gasteiger partial charge in [0.05, 0.1) is 6.61 Å². The zero-order valence-electron chi connectivity index (χ0n) is 17.4. The minimum absolute atomic E-state index is 0.348. The molecule has 1 fully saturated rings. The van der Waals surface area contributed by atoms with Gasteiger partial charge in [-0.1, -0.05) is 42.8 Å². The SMILES string of the molecule is CCc1ccc(Cc2cc3c(cc2Cl)O[C@@H](OC)C32O[C@H](CO)[C@@H](O)[C@H](O)[C@H]2O)cc1. The molecule has 2 aromatic rings. The predicted octanol–water partition coefficient (Wildman–Crippen LogP) is 1.53. The lowest BCUT2D eigenvalue weighted by atomic mass is 9.79. The number of halogens is 1. The van der Waals surface area contributed by atoms with Crippen LogP contribution in [0.15, 0.2) is 36.4 Å². The van der Waals surface area contributed by atoms with E-state index in [2.05, 4.69) is 19.1 Å². The number of hydrogen-bond donors (Lipinski definition) is 4. The molecular weight excluding hydrogens is 424 g/mol. The number of methoxy groups -OCH3 is 1. The van der Waals surface area contributed by atoms with Crippen molar-refractivity contribution in [3.05, 3.63) is 63.7 Å². The van der Waals surface area contributed by atoms with E-state index in [1.165, 1.54) is 12.7 Å². The molecule has 0 bridgehead atoms. The molecule has 2 aliphatic heterocycles. The van der Waals surface area contributed by atoms with Crippen molar-refractivity contribution in [2.24, 2.45) is 0 Å². The fraction of sp³-hybridized carbons (Fsp3) is 0.478. The van der Waals surface area contributed by atoms with Gasteiger partial charge in [0.15, 0.2) is 5.60 Å². The lowest BCUT2D eigenvalue weighted by Gasteiger charge is -2.47. The van der Waals surface area contributed by atoms with Crippen LogP contribution in [0.3, 0.4) is 0 Å². The molecule has 1 saturated heterocycles. The number of aliphatic hydroxyl groups excluding tert-OH is 4. The summed E-state index contributed by atoms with van der Waals surface area (Å²) < 4.78 is 17.3. The minimum atomic E-state index is -1.64. The Bertz CT molecular complexity index is 932. The molecule has 1 unspecified atom stereocenters. The molecular formula is C23H27ClO7. The number of ether oxygens (including phenoxy) is 3. The summed E-state index contributed by atoms with van der Waals surface area (Å²) in [5, 5.41) is 41.8. The number of aliphatic hydroxyl groups is 4. The van der Waals surface area contributed by atoms with Crippen molar-refractivity contribution in [1.82, 2.24) is 0 Å². The molecule has 0 aromatic heterocycles. The molecule has 0 aliphatic carbocycles. The van der Waals surface area contributed by atoms with Crippen molar-refractivity contribution in [2.45, 2.75) is 56.1 Å². The fourth-order valence-electron chi connectivity index (χ4n) is 4.42. The summed E-state index contributed by atoms with van der Waals surface area (Å²) in [5.41, 5.74) is 1.88. The van der Waals surface area contributed by atoms with Gasteiger partial charge in [-0.05, 0) is 41.7 Å². The van der Waals surface area contributed by atoms with Crippen LogP contribution in [0.4, 0.5) is 0 Å². The van der Waals surface area contributed by atoms with Crippen molar-refractivity contribution in [2.75, 3.05) is 13.7 Å². The normalized spacial score (nSPS) is 32.2. The quantitative estimate of drug-likeness (QED) is 0.547. The Labute approximate surface area is 185 Å². The molecule has 4 N–H and O–H groups in total. The number of hydrogen-bond acceptors (Lipinski definition) is 7. The van der Waals surface area contributed by atoms with Gasteiger partial charge in [0, 0.05) is 17.7 Å². The first kappa shape index (κ1) is 22.5. The van der Waals surface area contributed by atoms with Crippen LogP contribution in [-0.4, -0.2) is 64.8 Å². The van der Waals surface area contributed by atoms with Crippen molar-refractivity contribution in [1.29, 1.82) is 0 Å². The van der Waals surface area contributed by atoms with Crippen LogP contribution in [0, 0.1) is 0 Å². The Morgan fingerprint density at radius 2 is 1.74 bits per heavy atom. The standard InChI is InChI=1S/C23H27ClO7/c1-3-12-4-6-13(7-5-12)8-14-9-15-17(10-16(14)24)30-22(29-2)23(15)21(28)20(27)19(26)18(11-25)31-23/h4-7,9-10,18-22,25-28H,3,8,11H2,1-2H3/t18-,19-,20+,21-,22-,23?/m1/s1. The van der Waals surface area contributed by atoms with Crippen LogP contribution in [0.25, 0.3) is 0 Å². The topological polar surface area (TPSA) is 109 Å². The van der Waals surface area contributed by atoms with Crippen LogP contribution in [0.2, 0.25) is 5.02 Å². The first-order chi connectivity index (χ1) is 14.8. The van der Waals surface area contributed by atoms with Crippen LogP contribution in [0.5, 0.6) is 5.75 Å². The molecule has 0 saturated carbocycles. The van der Waals surface area contributed by atoms with Gasteiger partial charge < -0.3 is 34.6 Å². The maximum atomic E-state index is 11.0. The highest BCUT2D eigenvalue weighted by atomic mass is 35.5. The molecule has 31 heavy (non-hydrogen) atoms. The van der Waals surface area contributed by atoms with Gasteiger partial charge in [0.1, 0.15) is 30.2 Å². The van der Waals surface area contributed by atoms with Crippen LogP contribution >= 0.6 is 11.6 Å². The highest BCUT2D eigenvalue weighted by Crippen LogP contribution is 2.52. The van der Waals surface area contributed by atoms with Gasteiger partial charge in [-0.3, -0.25) is 0 Å². The molecule has 168 valence electrons. The second-order valence-corrected chi connectivity index (χ2v) is 8.44. The molecule has 4 rings (SSSR count). The van der Waals surface area contributed by atoms with E-state index in [0.29, 0.717) is 22.8 Å². The van der Waals surface area contributed by atoms with Gasteiger partial charge in [-0.25, -0.2) is 0 Å². The summed E-state index contributed by atoms with van der Waals surface area (Å²) >= 11 is 6.53. The van der Waals surface area contributed by atoms with E-state index in [-0.39, 0.29) is 0 Å². The van der Waals surface area contributed by atoms with Gasteiger partial charge in [0.25, 0.3) is 0 Å². The lowest BCUT2D eigenvalue weighted by Crippen LogP contribution is -2.66. The predicted molar refractivity (Wildman–Crippen MR) is 113 cm³/mol. The van der Waals surface area contributed by atoms with Gasteiger partial charge in [-0.2, -0.15) is 0 Å². The maximum absolute atomic E-state index is 11.0. The van der Waals surface area contributed by atoms with Gasteiger partial charge >= 0.3 is 0 Å². The van der Waals surface area contributed by atoms with E-state index in [9.17, 15) is 20.4 Å². The highest BCUT2D eigenvalue weighted by Gasteiger charge is 2.63. The molecule has 1 spiro atoms. The van der Waals surface area contributed by atoms with E-state index in [1.54, 1.807) is 12.1 Å². The van der Waals surface area contributed by atoms with E-state index in [1.807, 2.05) is 12.1 Å². The number of rotatable bonds is 5. The Kier molecular flexibility index (Phi) is 6.29. The fourth-order valence-corrected chi connectivity index (χ4v) is 4.64. The highest BCUT2D eigenvalue weighted by molar-refractivity contribution is 6.31. The number of benzene rings is 2. The first-order valence-electron chi connectivity index (χ1n) is 10.3. The van der Waals surface area contributed by atoms with E-state index < -0.39 is 42.9 Å². The third-order valence-electron chi connectivity index (χ3n) is 6.21. The maximum Gasteiger partial charge on any atom is 0.236 e. The Hall–Kier alpha value is -1.71. The minimum Gasteiger partial charge on any atom is -0.461 e. The Morgan fingerprint density at radius 3 is 2.35 bits per heavy atom. The van der Waals surface area contributed by atoms with Crippen molar-refractivity contribution >= 4 is 11.6 Å². The summed E-state index contributed by atoms with van der Waals surface area (Å²) in [5.74, 6) is 0.348. The second-order valence-electron chi connectivity index (χ2n) is 8.03. The van der Waals surface area contributed by atoms with Gasteiger partial charge in [-0.15, -0.1) is 0 Å². The summed E-state index contributed by atoms with van der Waals surface area (Å²) in [7, 11) is 1.39. The monoisotopic (exact) mass is 450 g/mol. The van der Waals surface area contributed by atoms with Crippen LogP contribution in [0.1, 0.15) is 29.2 Å². The summed E-state index contributed by atoms with van der Waals surface area (Å²) in [6.45, 7) is 1.54. The van der Waals surface area contributed by atoms with Crippen LogP contribution in [-0.2, 0) is 27.9 Å². The Balaban J connectivity index is 1.77. The van der Waals surface area contributed by atoms with Crippen LogP contribution < -0.4 is 4.74 Å². The molecule has 2 aliphatic rings. The molecule has 8 heteroatoms. The summed E-state index contributed by atoms with van der Waals surface area (Å²) in [6, 6.07) is 11.6. The molecule has 7 nitrogen and oxygen atoms in total. The average Bonchev–Trinajstić information content (AvgIpc) is 3.08. The van der Waals surface area contributed by atoms with Crippen molar-refractivity contribution in [3.63, 3.8) is 0 Å². The first-order valence-corrected chi connectivity index (χ1v) is 10.7. The average molecular weight is 451 g/mol. The van der Waals surface area contributed by atoms with Crippen molar-refractivity contribution in [3.8, 4) is 5.75 Å². The zero-order chi connectivity index (χ0) is 22.3. The number of aryl methyl sites for hydroxylation is 1.